The van der Waals surface area contributed by atoms with Gasteiger partial charge in [-0.3, -0.25) is 4.79 Å². The van der Waals surface area contributed by atoms with Gasteiger partial charge in [0.15, 0.2) is 0 Å². The molecule has 94 valence electrons. The molecule has 1 aromatic carbocycles. The molecule has 0 aliphatic carbocycles. The van der Waals surface area contributed by atoms with Gasteiger partial charge in [0.2, 0.25) is 0 Å². The summed E-state index contributed by atoms with van der Waals surface area (Å²) < 4.78 is 0. The van der Waals surface area contributed by atoms with E-state index < -0.39 is 5.97 Å². The SMILES string of the molecule is CC=C(C)C(=O)Nc1ccc(C=CC(=O)O)cc1. The fraction of sp³-hybridized carbons (Fsp3) is 0.143. The van der Waals surface area contributed by atoms with Crippen LogP contribution < -0.4 is 5.32 Å². The smallest absolute Gasteiger partial charge is 0.328 e. The van der Waals surface area contributed by atoms with Crippen LogP contribution in [0.25, 0.3) is 6.08 Å². The average molecular weight is 245 g/mol. The Bertz CT molecular complexity index is 498. The first kappa shape index (κ1) is 13.7. The van der Waals surface area contributed by atoms with E-state index in [1.807, 2.05) is 0 Å². The van der Waals surface area contributed by atoms with Gasteiger partial charge in [0.05, 0.1) is 0 Å². The number of carbonyl (C=O) groups is 2. The molecule has 4 nitrogen and oxygen atoms in total. The standard InChI is InChI=1S/C14H15NO3/c1-3-10(2)14(18)15-12-7-4-11(5-8-12)6-9-13(16)17/h3-9H,1-2H3,(H,15,18)(H,16,17). The van der Waals surface area contributed by atoms with E-state index in [0.29, 0.717) is 11.3 Å². The van der Waals surface area contributed by atoms with E-state index in [4.69, 9.17) is 5.11 Å². The van der Waals surface area contributed by atoms with E-state index in [1.54, 1.807) is 44.2 Å². The maximum atomic E-state index is 11.6. The highest BCUT2D eigenvalue weighted by Crippen LogP contribution is 2.11. The summed E-state index contributed by atoms with van der Waals surface area (Å²) in [5, 5.41) is 11.2. The van der Waals surface area contributed by atoms with Gasteiger partial charge < -0.3 is 10.4 Å². The topological polar surface area (TPSA) is 66.4 Å². The third-order valence-electron chi connectivity index (χ3n) is 2.38. The van der Waals surface area contributed by atoms with Crippen LogP contribution >= 0.6 is 0 Å². The summed E-state index contributed by atoms with van der Waals surface area (Å²) in [5.74, 6) is -1.14. The summed E-state index contributed by atoms with van der Waals surface area (Å²) >= 11 is 0. The van der Waals surface area contributed by atoms with Gasteiger partial charge in [-0.15, -0.1) is 0 Å². The molecule has 0 saturated carbocycles. The summed E-state index contributed by atoms with van der Waals surface area (Å²) in [5.41, 5.74) is 2.08. The van der Waals surface area contributed by atoms with Crippen LogP contribution in [-0.2, 0) is 9.59 Å². The Balaban J connectivity index is 2.72. The second kappa shape index (κ2) is 6.39. The van der Waals surface area contributed by atoms with Crippen molar-refractivity contribution in [2.45, 2.75) is 13.8 Å². The molecule has 0 aliphatic heterocycles. The van der Waals surface area contributed by atoms with Crippen molar-refractivity contribution in [3.63, 3.8) is 0 Å². The summed E-state index contributed by atoms with van der Waals surface area (Å²) in [6.45, 7) is 3.54. The van der Waals surface area contributed by atoms with Crippen LogP contribution in [0.1, 0.15) is 19.4 Å². The van der Waals surface area contributed by atoms with Crippen molar-refractivity contribution in [2.75, 3.05) is 5.32 Å². The number of rotatable bonds is 4. The molecule has 0 spiro atoms. The number of carbonyl (C=O) groups excluding carboxylic acids is 1. The lowest BCUT2D eigenvalue weighted by Gasteiger charge is -2.05. The van der Waals surface area contributed by atoms with Gasteiger partial charge in [-0.1, -0.05) is 18.2 Å². The minimum atomic E-state index is -0.990. The second-order valence-corrected chi connectivity index (χ2v) is 3.72. The van der Waals surface area contributed by atoms with Crippen molar-refractivity contribution in [2.24, 2.45) is 0 Å². The summed E-state index contributed by atoms with van der Waals surface area (Å²) in [6, 6.07) is 6.92. The molecule has 1 aromatic rings. The van der Waals surface area contributed by atoms with Gasteiger partial charge in [-0.05, 0) is 37.6 Å². The van der Waals surface area contributed by atoms with E-state index in [-0.39, 0.29) is 5.91 Å². The minimum absolute atomic E-state index is 0.147. The monoisotopic (exact) mass is 245 g/mol. The van der Waals surface area contributed by atoms with E-state index in [2.05, 4.69) is 5.32 Å². The number of nitrogens with one attached hydrogen (secondary N) is 1. The molecule has 2 N–H and O–H groups in total. The van der Waals surface area contributed by atoms with Gasteiger partial charge in [0, 0.05) is 17.3 Å². The Morgan fingerprint density at radius 1 is 1.22 bits per heavy atom. The Labute approximate surface area is 106 Å². The van der Waals surface area contributed by atoms with Crippen molar-refractivity contribution < 1.29 is 14.7 Å². The first-order chi connectivity index (χ1) is 8.52. The summed E-state index contributed by atoms with van der Waals surface area (Å²) in [4.78, 5) is 21.9. The Morgan fingerprint density at radius 3 is 2.33 bits per heavy atom. The lowest BCUT2D eigenvalue weighted by atomic mass is 10.2. The molecule has 0 saturated heterocycles. The molecule has 0 atom stereocenters. The lowest BCUT2D eigenvalue weighted by molar-refractivity contribution is -0.131. The largest absolute Gasteiger partial charge is 0.478 e. The van der Waals surface area contributed by atoms with Gasteiger partial charge in [-0.25, -0.2) is 4.79 Å². The summed E-state index contributed by atoms with van der Waals surface area (Å²) in [7, 11) is 0. The third kappa shape index (κ3) is 4.25. The number of allylic oxidation sites excluding steroid dienone is 1. The maximum absolute atomic E-state index is 11.6. The predicted molar refractivity (Wildman–Crippen MR) is 71.2 cm³/mol. The van der Waals surface area contributed by atoms with Crippen molar-refractivity contribution in [1.82, 2.24) is 0 Å². The van der Waals surface area contributed by atoms with Crippen LogP contribution in [-0.4, -0.2) is 17.0 Å². The lowest BCUT2D eigenvalue weighted by Crippen LogP contribution is -2.12. The minimum Gasteiger partial charge on any atom is -0.478 e. The van der Waals surface area contributed by atoms with Crippen molar-refractivity contribution in [3.8, 4) is 0 Å². The molecule has 4 heteroatoms. The molecule has 1 rings (SSSR count). The van der Waals surface area contributed by atoms with Gasteiger partial charge in [-0.2, -0.15) is 0 Å². The number of carboxylic acids is 1. The van der Waals surface area contributed by atoms with Crippen LogP contribution in [0.15, 0.2) is 42.0 Å². The zero-order valence-corrected chi connectivity index (χ0v) is 10.3. The number of amides is 1. The molecule has 0 bridgehead atoms. The number of benzene rings is 1. The van der Waals surface area contributed by atoms with E-state index in [1.165, 1.54) is 6.08 Å². The zero-order valence-electron chi connectivity index (χ0n) is 10.3. The van der Waals surface area contributed by atoms with Crippen LogP contribution in [0.4, 0.5) is 5.69 Å². The zero-order chi connectivity index (χ0) is 13.5. The highest BCUT2D eigenvalue weighted by atomic mass is 16.4. The van der Waals surface area contributed by atoms with E-state index in [9.17, 15) is 9.59 Å². The molecule has 0 radical (unpaired) electrons. The molecule has 0 fully saturated rings. The van der Waals surface area contributed by atoms with Crippen LogP contribution in [0, 0.1) is 0 Å². The molecule has 0 heterocycles. The third-order valence-corrected chi connectivity index (χ3v) is 2.38. The maximum Gasteiger partial charge on any atom is 0.328 e. The Kier molecular flexibility index (Phi) is 4.87. The number of hydrogen-bond acceptors (Lipinski definition) is 2. The number of hydrogen-bond donors (Lipinski definition) is 2. The highest BCUT2D eigenvalue weighted by Gasteiger charge is 2.02. The van der Waals surface area contributed by atoms with Crippen LogP contribution in [0.5, 0.6) is 0 Å². The predicted octanol–water partition coefficient (Wildman–Crippen LogP) is 2.69. The van der Waals surface area contributed by atoms with Crippen LogP contribution in [0.2, 0.25) is 0 Å². The van der Waals surface area contributed by atoms with Crippen molar-refractivity contribution in [3.05, 3.63) is 47.6 Å². The van der Waals surface area contributed by atoms with Crippen molar-refractivity contribution in [1.29, 1.82) is 0 Å². The number of carboxylic acid groups (broad SMARTS) is 1. The molecule has 0 unspecified atom stereocenters. The van der Waals surface area contributed by atoms with Crippen LogP contribution in [0.3, 0.4) is 0 Å². The summed E-state index contributed by atoms with van der Waals surface area (Å²) in [6.07, 6.45) is 4.29. The molecular weight excluding hydrogens is 230 g/mol. The van der Waals surface area contributed by atoms with E-state index >= 15 is 0 Å². The fourth-order valence-corrected chi connectivity index (χ4v) is 1.21. The normalized spacial score (nSPS) is 11.6. The van der Waals surface area contributed by atoms with E-state index in [0.717, 1.165) is 11.6 Å². The molecule has 0 aliphatic rings. The second-order valence-electron chi connectivity index (χ2n) is 3.72. The van der Waals surface area contributed by atoms with Gasteiger partial charge in [0.25, 0.3) is 5.91 Å². The van der Waals surface area contributed by atoms with Gasteiger partial charge >= 0.3 is 5.97 Å². The average Bonchev–Trinajstić information content (AvgIpc) is 2.36. The fourth-order valence-electron chi connectivity index (χ4n) is 1.21. The van der Waals surface area contributed by atoms with Crippen molar-refractivity contribution >= 4 is 23.6 Å². The van der Waals surface area contributed by atoms with Gasteiger partial charge in [0.1, 0.15) is 0 Å². The first-order valence-electron chi connectivity index (χ1n) is 5.48. The Hall–Kier alpha value is -2.36. The first-order valence-corrected chi connectivity index (χ1v) is 5.48. The Morgan fingerprint density at radius 2 is 1.83 bits per heavy atom. The molecule has 0 aromatic heterocycles. The highest BCUT2D eigenvalue weighted by molar-refractivity contribution is 6.03. The number of anilines is 1. The molecular formula is C14H15NO3. The molecule has 1 amide bonds. The number of aliphatic carboxylic acids is 1. The molecule has 18 heavy (non-hydrogen) atoms. The quantitative estimate of drug-likeness (QED) is 0.801.